The largest absolute Gasteiger partial charge is 0.466 e. The first kappa shape index (κ1) is 53.9. The Bertz CT molecular complexity index is 977. The van der Waals surface area contributed by atoms with Crippen LogP contribution in [0.4, 0.5) is 0 Å². The molecule has 1 aliphatic rings. The molecule has 7 nitrogen and oxygen atoms in total. The van der Waals surface area contributed by atoms with Crippen molar-refractivity contribution in [2.24, 2.45) is 5.92 Å². The second-order valence-corrected chi connectivity index (χ2v) is 17.3. The van der Waals surface area contributed by atoms with Crippen LogP contribution in [0.2, 0.25) is 0 Å². The fourth-order valence-electron chi connectivity index (χ4n) is 7.61. The smallest absolute Gasteiger partial charge is 0.305 e. The van der Waals surface area contributed by atoms with Gasteiger partial charge in [0, 0.05) is 31.2 Å². The molecular weight excluding hydrogens is 723 g/mol. The molecule has 0 N–H and O–H groups in total. The number of ether oxygens (including phenoxy) is 3. The van der Waals surface area contributed by atoms with Crippen LogP contribution >= 0.6 is 0 Å². The van der Waals surface area contributed by atoms with Crippen LogP contribution < -0.4 is 0 Å². The normalized spacial score (nSPS) is 13.3. The Kier molecular flexibility index (Phi) is 38.6. The zero-order chi connectivity index (χ0) is 42.0. The van der Waals surface area contributed by atoms with Crippen molar-refractivity contribution in [1.29, 1.82) is 0 Å². The van der Waals surface area contributed by atoms with Crippen molar-refractivity contribution >= 4 is 17.9 Å². The van der Waals surface area contributed by atoms with E-state index in [0.717, 1.165) is 96.6 Å². The molecule has 1 aliphatic carbocycles. The van der Waals surface area contributed by atoms with Crippen LogP contribution in [0, 0.1) is 5.92 Å². The van der Waals surface area contributed by atoms with Gasteiger partial charge in [-0.05, 0) is 103 Å². The van der Waals surface area contributed by atoms with E-state index in [9.17, 15) is 14.4 Å². The van der Waals surface area contributed by atoms with Gasteiger partial charge >= 0.3 is 17.9 Å². The Morgan fingerprint density at radius 3 is 1.47 bits per heavy atom. The molecule has 0 aromatic carbocycles. The molecule has 0 unspecified atom stereocenters. The predicted molar refractivity (Wildman–Crippen MR) is 244 cm³/mol. The molecule has 0 heterocycles. The fraction of sp³-hybridized carbons (Fsp3) is 0.863. The molecule has 0 amide bonds. The third kappa shape index (κ3) is 34.7. The van der Waals surface area contributed by atoms with Gasteiger partial charge in [-0.3, -0.25) is 14.4 Å². The van der Waals surface area contributed by atoms with E-state index in [1.54, 1.807) is 0 Å². The van der Waals surface area contributed by atoms with Crippen LogP contribution in [0.5, 0.6) is 0 Å². The third-order valence-corrected chi connectivity index (χ3v) is 11.8. The highest BCUT2D eigenvalue weighted by Gasteiger charge is 2.24. The summed E-state index contributed by atoms with van der Waals surface area (Å²) < 4.78 is 16.9. The molecule has 1 saturated carbocycles. The van der Waals surface area contributed by atoms with Crippen molar-refractivity contribution in [2.75, 3.05) is 32.9 Å². The quantitative estimate of drug-likeness (QED) is 0.0262. The van der Waals surface area contributed by atoms with Crippen LogP contribution in [0.1, 0.15) is 239 Å². The van der Waals surface area contributed by atoms with Crippen LogP contribution in [-0.2, 0) is 28.6 Å². The van der Waals surface area contributed by atoms with Crippen LogP contribution in [0.15, 0.2) is 24.3 Å². The minimum absolute atomic E-state index is 0.0315. The maximum absolute atomic E-state index is 12.5. The number of carbonyl (C=O) groups excluding carboxylic acids is 3. The average Bonchev–Trinajstić information content (AvgIpc) is 3.20. The van der Waals surface area contributed by atoms with Crippen molar-refractivity contribution in [2.45, 2.75) is 245 Å². The number of hydrogen-bond acceptors (Lipinski definition) is 7. The summed E-state index contributed by atoms with van der Waals surface area (Å²) in [5, 5.41) is 0. The number of nitrogens with zero attached hydrogens (tertiary/aromatic N) is 1. The molecule has 1 rings (SSSR count). The average molecular weight is 816 g/mol. The summed E-state index contributed by atoms with van der Waals surface area (Å²) in [4.78, 5) is 39.8. The lowest BCUT2D eigenvalue weighted by molar-refractivity contribution is -0.149. The fourth-order valence-corrected chi connectivity index (χ4v) is 7.61. The number of unbranched alkanes of at least 4 members (excludes halogenated alkanes) is 20. The van der Waals surface area contributed by atoms with Gasteiger partial charge in [0.15, 0.2) is 0 Å². The second-order valence-electron chi connectivity index (χ2n) is 17.3. The van der Waals surface area contributed by atoms with Crippen molar-refractivity contribution < 1.29 is 28.6 Å². The first-order chi connectivity index (χ1) is 28.5. The van der Waals surface area contributed by atoms with Crippen molar-refractivity contribution in [1.82, 2.24) is 4.90 Å². The van der Waals surface area contributed by atoms with Gasteiger partial charge in [-0.25, -0.2) is 0 Å². The Hall–Kier alpha value is -2.15. The third-order valence-electron chi connectivity index (χ3n) is 11.8. The SMILES string of the molecule is CCCCC/C=C\C/C=C\CCCCCCCC(=O)OCCCCCCN(CCCCC(COC(=O)CCCCCCC)COC(=O)CCCCCCC)C1CCC1. The lowest BCUT2D eigenvalue weighted by Gasteiger charge is -2.38. The van der Waals surface area contributed by atoms with E-state index >= 15 is 0 Å². The van der Waals surface area contributed by atoms with E-state index in [2.05, 4.69) is 50.0 Å². The molecule has 0 aromatic rings. The molecule has 58 heavy (non-hydrogen) atoms. The summed E-state index contributed by atoms with van der Waals surface area (Å²) in [6.45, 7) is 10.1. The number of esters is 3. The molecule has 0 saturated heterocycles. The van der Waals surface area contributed by atoms with E-state index < -0.39 is 0 Å². The van der Waals surface area contributed by atoms with Crippen molar-refractivity contribution in [3.05, 3.63) is 24.3 Å². The summed E-state index contributed by atoms with van der Waals surface area (Å²) in [7, 11) is 0. The van der Waals surface area contributed by atoms with Gasteiger partial charge in [-0.2, -0.15) is 0 Å². The van der Waals surface area contributed by atoms with Crippen molar-refractivity contribution in [3.63, 3.8) is 0 Å². The molecule has 1 fully saturated rings. The highest BCUT2D eigenvalue weighted by atomic mass is 16.5. The zero-order valence-corrected chi connectivity index (χ0v) is 38.4. The monoisotopic (exact) mass is 816 g/mol. The molecule has 0 radical (unpaired) electrons. The second kappa shape index (κ2) is 41.6. The number of allylic oxidation sites excluding steroid dienone is 4. The van der Waals surface area contributed by atoms with E-state index in [1.807, 2.05) is 0 Å². The maximum Gasteiger partial charge on any atom is 0.305 e. The Balaban J connectivity index is 2.21. The highest BCUT2D eigenvalue weighted by molar-refractivity contribution is 5.70. The highest BCUT2D eigenvalue weighted by Crippen LogP contribution is 2.26. The predicted octanol–water partition coefficient (Wildman–Crippen LogP) is 14.4. The molecule has 0 aromatic heterocycles. The van der Waals surface area contributed by atoms with E-state index in [-0.39, 0.29) is 23.8 Å². The first-order valence-electron chi connectivity index (χ1n) is 25.0. The summed E-state index contributed by atoms with van der Waals surface area (Å²) in [6.07, 6.45) is 46.3. The summed E-state index contributed by atoms with van der Waals surface area (Å²) >= 11 is 0. The zero-order valence-electron chi connectivity index (χ0n) is 38.4. The van der Waals surface area contributed by atoms with E-state index in [1.165, 1.54) is 116 Å². The summed E-state index contributed by atoms with van der Waals surface area (Å²) in [5.74, 6) is -0.216. The minimum atomic E-state index is -0.120. The lowest BCUT2D eigenvalue weighted by atomic mass is 9.91. The molecule has 338 valence electrons. The van der Waals surface area contributed by atoms with Crippen molar-refractivity contribution in [3.8, 4) is 0 Å². The topological polar surface area (TPSA) is 82.1 Å². The van der Waals surface area contributed by atoms with Gasteiger partial charge in [-0.15, -0.1) is 0 Å². The molecule has 0 bridgehead atoms. The molecule has 0 spiro atoms. The van der Waals surface area contributed by atoms with Gasteiger partial charge in [0.05, 0.1) is 19.8 Å². The molecule has 7 heteroatoms. The molecule has 0 atom stereocenters. The Labute approximate surface area is 358 Å². The van der Waals surface area contributed by atoms with Gasteiger partial charge in [0.25, 0.3) is 0 Å². The Morgan fingerprint density at radius 1 is 0.500 bits per heavy atom. The van der Waals surface area contributed by atoms with Crippen LogP contribution in [0.25, 0.3) is 0 Å². The number of carbonyl (C=O) groups is 3. The number of hydrogen-bond donors (Lipinski definition) is 0. The van der Waals surface area contributed by atoms with E-state index in [0.29, 0.717) is 45.1 Å². The van der Waals surface area contributed by atoms with Gasteiger partial charge in [0.2, 0.25) is 0 Å². The summed E-state index contributed by atoms with van der Waals surface area (Å²) in [6, 6.07) is 0.711. The number of rotatable bonds is 43. The first-order valence-corrected chi connectivity index (χ1v) is 25.0. The maximum atomic E-state index is 12.5. The van der Waals surface area contributed by atoms with Gasteiger partial charge in [-0.1, -0.05) is 154 Å². The van der Waals surface area contributed by atoms with Gasteiger partial charge in [0.1, 0.15) is 0 Å². The molecule has 0 aliphatic heterocycles. The van der Waals surface area contributed by atoms with E-state index in [4.69, 9.17) is 14.2 Å². The minimum Gasteiger partial charge on any atom is -0.466 e. The lowest BCUT2D eigenvalue weighted by Crippen LogP contribution is -2.41. The molecular formula is C51H93NO6. The van der Waals surface area contributed by atoms with Gasteiger partial charge < -0.3 is 19.1 Å². The Morgan fingerprint density at radius 2 is 0.931 bits per heavy atom. The standard InChI is InChI=1S/C51H93NO6/c1-4-7-10-13-14-15-16-17-18-19-20-21-22-25-30-39-49(53)56-44-34-27-26-32-42-52(48-37-35-38-48)43-33-31-36-47(45-57-50(54)40-28-23-11-8-5-2)46-58-51(55)41-29-24-12-9-6-3/h14-15,17-18,47-48H,4-13,16,19-46H2,1-3H3/b15-14-,18-17-. The van der Waals surface area contributed by atoms with Crippen LogP contribution in [0.3, 0.4) is 0 Å². The van der Waals surface area contributed by atoms with Crippen LogP contribution in [-0.4, -0.2) is 61.8 Å². The summed E-state index contributed by atoms with van der Waals surface area (Å²) in [5.41, 5.74) is 0.